The third-order valence-electron chi connectivity index (χ3n) is 5.54. The van der Waals surface area contributed by atoms with Gasteiger partial charge in [0.1, 0.15) is 5.82 Å². The summed E-state index contributed by atoms with van der Waals surface area (Å²) in [7, 11) is 0. The van der Waals surface area contributed by atoms with E-state index in [9.17, 15) is 0 Å². The van der Waals surface area contributed by atoms with E-state index in [1.807, 2.05) is 11.4 Å². The van der Waals surface area contributed by atoms with E-state index in [1.165, 1.54) is 5.56 Å². The number of β-amino-alcohol motifs (C(OH)–C–C–N with tert-alkyl or cyclic N) is 1. The first-order valence-electron chi connectivity index (χ1n) is 10.3. The highest BCUT2D eigenvalue weighted by molar-refractivity contribution is 5.59. The van der Waals surface area contributed by atoms with Crippen molar-refractivity contribution in [3.8, 4) is 11.4 Å². The van der Waals surface area contributed by atoms with Crippen molar-refractivity contribution in [2.24, 2.45) is 0 Å². The zero-order valence-corrected chi connectivity index (χ0v) is 17.8. The predicted molar refractivity (Wildman–Crippen MR) is 115 cm³/mol. The fourth-order valence-electron chi connectivity index (χ4n) is 3.78. The zero-order chi connectivity index (χ0) is 20.6. The van der Waals surface area contributed by atoms with Gasteiger partial charge in [0.25, 0.3) is 5.78 Å². The Kier molecular flexibility index (Phi) is 5.27. The fourth-order valence-corrected chi connectivity index (χ4v) is 3.78. The second kappa shape index (κ2) is 7.72. The third kappa shape index (κ3) is 4.11. The molecule has 0 amide bonds. The van der Waals surface area contributed by atoms with Crippen LogP contribution in [-0.2, 0) is 5.41 Å². The molecule has 29 heavy (non-hydrogen) atoms. The average Bonchev–Trinajstić information content (AvgIpc) is 3.11. The molecule has 7 nitrogen and oxygen atoms in total. The Morgan fingerprint density at radius 2 is 1.69 bits per heavy atom. The quantitative estimate of drug-likeness (QED) is 0.733. The highest BCUT2D eigenvalue weighted by atomic mass is 16.3. The molecule has 0 radical (unpaired) electrons. The molecule has 1 aromatic carbocycles. The standard InChI is InChI=1S/C22H30N6O/c1-16-15-19(27-11-9-26(10-12-27)13-14-29)28-21(23-16)24-20(25-28)17-5-7-18(8-6-17)22(2,3)4/h5-8,15,29H,9-14H2,1-4H3. The van der Waals surface area contributed by atoms with E-state index < -0.39 is 0 Å². The molecule has 1 aliphatic heterocycles. The Morgan fingerprint density at radius 1 is 1.00 bits per heavy atom. The lowest BCUT2D eigenvalue weighted by molar-refractivity contribution is 0.188. The number of anilines is 1. The third-order valence-corrected chi connectivity index (χ3v) is 5.54. The number of benzene rings is 1. The number of aryl methyl sites for hydroxylation is 1. The minimum atomic E-state index is 0.120. The van der Waals surface area contributed by atoms with E-state index in [0.717, 1.165) is 49.8 Å². The molecule has 0 aliphatic carbocycles. The molecule has 3 heterocycles. The Bertz CT molecular complexity index is 981. The number of aliphatic hydroxyl groups excluding tert-OH is 1. The Hall–Kier alpha value is -2.51. The molecule has 1 N–H and O–H groups in total. The van der Waals surface area contributed by atoms with E-state index in [-0.39, 0.29) is 12.0 Å². The summed E-state index contributed by atoms with van der Waals surface area (Å²) < 4.78 is 1.86. The summed E-state index contributed by atoms with van der Waals surface area (Å²) in [6, 6.07) is 10.6. The summed E-state index contributed by atoms with van der Waals surface area (Å²) in [5.74, 6) is 2.36. The lowest BCUT2D eigenvalue weighted by Gasteiger charge is -2.35. The average molecular weight is 395 g/mol. The predicted octanol–water partition coefficient (Wildman–Crippen LogP) is 2.51. The van der Waals surface area contributed by atoms with Crippen molar-refractivity contribution in [2.45, 2.75) is 33.1 Å². The number of piperazine rings is 1. The SMILES string of the molecule is Cc1cc(N2CCN(CCO)CC2)n2nc(-c3ccc(C(C)(C)C)cc3)nc2n1. The highest BCUT2D eigenvalue weighted by Gasteiger charge is 2.21. The van der Waals surface area contributed by atoms with Crippen molar-refractivity contribution >= 4 is 11.6 Å². The maximum absolute atomic E-state index is 9.17. The van der Waals surface area contributed by atoms with Crippen LogP contribution in [0.25, 0.3) is 17.2 Å². The van der Waals surface area contributed by atoms with E-state index in [4.69, 9.17) is 15.2 Å². The van der Waals surface area contributed by atoms with E-state index in [1.54, 1.807) is 0 Å². The van der Waals surface area contributed by atoms with Crippen LogP contribution >= 0.6 is 0 Å². The molecule has 0 atom stereocenters. The molecule has 7 heteroatoms. The second-order valence-corrected chi connectivity index (χ2v) is 8.78. The van der Waals surface area contributed by atoms with Crippen LogP contribution in [0.4, 0.5) is 5.82 Å². The minimum Gasteiger partial charge on any atom is -0.395 e. The lowest BCUT2D eigenvalue weighted by atomic mass is 9.87. The van der Waals surface area contributed by atoms with Crippen molar-refractivity contribution in [1.29, 1.82) is 0 Å². The second-order valence-electron chi connectivity index (χ2n) is 8.78. The minimum absolute atomic E-state index is 0.120. The molecule has 2 aromatic heterocycles. The molecule has 3 aromatic rings. The monoisotopic (exact) mass is 394 g/mol. The molecule has 1 saturated heterocycles. The summed E-state index contributed by atoms with van der Waals surface area (Å²) in [5, 5.41) is 14.0. The maximum Gasteiger partial charge on any atom is 0.254 e. The van der Waals surface area contributed by atoms with Gasteiger partial charge in [0.05, 0.1) is 6.61 Å². The topological polar surface area (TPSA) is 69.8 Å². The Morgan fingerprint density at radius 3 is 2.31 bits per heavy atom. The van der Waals surface area contributed by atoms with Gasteiger partial charge >= 0.3 is 0 Å². The van der Waals surface area contributed by atoms with Gasteiger partial charge in [-0.25, -0.2) is 4.98 Å². The first kappa shape index (κ1) is 19.8. The largest absolute Gasteiger partial charge is 0.395 e. The van der Waals surface area contributed by atoms with Crippen LogP contribution in [0.2, 0.25) is 0 Å². The van der Waals surface area contributed by atoms with Gasteiger partial charge in [-0.05, 0) is 17.9 Å². The number of hydrogen-bond acceptors (Lipinski definition) is 6. The normalized spacial score (nSPS) is 16.0. The van der Waals surface area contributed by atoms with Gasteiger partial charge in [-0.3, -0.25) is 4.90 Å². The molecule has 0 saturated carbocycles. The molecule has 4 rings (SSSR count). The first-order chi connectivity index (χ1) is 13.8. The van der Waals surface area contributed by atoms with Crippen molar-refractivity contribution in [2.75, 3.05) is 44.2 Å². The summed E-state index contributed by atoms with van der Waals surface area (Å²) in [5.41, 5.74) is 3.35. The number of rotatable bonds is 4. The molecular weight excluding hydrogens is 364 g/mol. The molecule has 1 fully saturated rings. The van der Waals surface area contributed by atoms with Gasteiger partial charge in [0, 0.05) is 50.0 Å². The van der Waals surface area contributed by atoms with Crippen LogP contribution in [-0.4, -0.2) is 68.9 Å². The van der Waals surface area contributed by atoms with Gasteiger partial charge in [-0.15, -0.1) is 5.10 Å². The van der Waals surface area contributed by atoms with Crippen molar-refractivity contribution in [3.05, 3.63) is 41.6 Å². The van der Waals surface area contributed by atoms with E-state index in [2.05, 4.69) is 65.9 Å². The van der Waals surface area contributed by atoms with Gasteiger partial charge in [0.15, 0.2) is 5.82 Å². The number of aliphatic hydroxyl groups is 1. The van der Waals surface area contributed by atoms with Crippen molar-refractivity contribution in [1.82, 2.24) is 24.5 Å². The maximum atomic E-state index is 9.17. The molecule has 154 valence electrons. The van der Waals surface area contributed by atoms with E-state index in [0.29, 0.717) is 11.6 Å². The van der Waals surface area contributed by atoms with Gasteiger partial charge in [0.2, 0.25) is 0 Å². The molecule has 1 aliphatic rings. The summed E-state index contributed by atoms with van der Waals surface area (Å²) >= 11 is 0. The number of fused-ring (bicyclic) bond motifs is 1. The van der Waals surface area contributed by atoms with Gasteiger partial charge < -0.3 is 10.0 Å². The molecule has 0 unspecified atom stereocenters. The molecular formula is C22H30N6O. The summed E-state index contributed by atoms with van der Waals surface area (Å²) in [4.78, 5) is 13.9. The van der Waals surface area contributed by atoms with Crippen LogP contribution in [0.15, 0.2) is 30.3 Å². The smallest absolute Gasteiger partial charge is 0.254 e. The van der Waals surface area contributed by atoms with Gasteiger partial charge in [-0.2, -0.15) is 9.50 Å². The summed E-state index contributed by atoms with van der Waals surface area (Å²) in [6.07, 6.45) is 0. The van der Waals surface area contributed by atoms with Crippen LogP contribution < -0.4 is 4.90 Å². The van der Waals surface area contributed by atoms with Crippen LogP contribution in [0.3, 0.4) is 0 Å². The van der Waals surface area contributed by atoms with E-state index >= 15 is 0 Å². The van der Waals surface area contributed by atoms with Crippen LogP contribution in [0.5, 0.6) is 0 Å². The van der Waals surface area contributed by atoms with Crippen LogP contribution in [0.1, 0.15) is 32.0 Å². The molecule has 0 spiro atoms. The fraction of sp³-hybridized carbons (Fsp3) is 0.500. The van der Waals surface area contributed by atoms with Crippen molar-refractivity contribution in [3.63, 3.8) is 0 Å². The van der Waals surface area contributed by atoms with Gasteiger partial charge in [-0.1, -0.05) is 45.0 Å². The Labute approximate surface area is 172 Å². The lowest BCUT2D eigenvalue weighted by Crippen LogP contribution is -2.47. The Balaban J connectivity index is 1.65. The molecule has 0 bridgehead atoms. The number of hydrogen-bond donors (Lipinski definition) is 1. The highest BCUT2D eigenvalue weighted by Crippen LogP contribution is 2.26. The van der Waals surface area contributed by atoms with Crippen molar-refractivity contribution < 1.29 is 5.11 Å². The van der Waals surface area contributed by atoms with Crippen LogP contribution in [0, 0.1) is 6.92 Å². The summed E-state index contributed by atoms with van der Waals surface area (Å²) in [6.45, 7) is 13.2. The first-order valence-corrected chi connectivity index (χ1v) is 10.3. The number of nitrogens with zero attached hydrogens (tertiary/aromatic N) is 6. The zero-order valence-electron chi connectivity index (χ0n) is 17.8. The number of aromatic nitrogens is 4.